The summed E-state index contributed by atoms with van der Waals surface area (Å²) in [7, 11) is 0. The number of hydrogen-bond donors (Lipinski definition) is 1. The summed E-state index contributed by atoms with van der Waals surface area (Å²) in [6.45, 7) is 6.47. The van der Waals surface area contributed by atoms with Gasteiger partial charge in [0, 0.05) is 30.5 Å². The normalized spacial score (nSPS) is 34.8. The Labute approximate surface area is 97.8 Å². The Kier molecular flexibility index (Phi) is 3.24. The predicted octanol–water partition coefficient (Wildman–Crippen LogP) is 1.65. The fourth-order valence-electron chi connectivity index (χ4n) is 3.17. The second kappa shape index (κ2) is 4.36. The summed E-state index contributed by atoms with van der Waals surface area (Å²) < 4.78 is 0. The van der Waals surface area contributed by atoms with Crippen LogP contribution in [-0.2, 0) is 4.79 Å². The van der Waals surface area contributed by atoms with Crippen LogP contribution in [0, 0.1) is 17.8 Å². The Bertz CT molecular complexity index is 277. The van der Waals surface area contributed by atoms with Gasteiger partial charge in [-0.25, -0.2) is 0 Å². The lowest BCUT2D eigenvalue weighted by molar-refractivity contribution is -0.137. The summed E-state index contributed by atoms with van der Waals surface area (Å²) in [6.07, 6.45) is 3.24. The average molecular weight is 225 g/mol. The summed E-state index contributed by atoms with van der Waals surface area (Å²) in [6, 6.07) is 0.736. The molecule has 0 aromatic rings. The van der Waals surface area contributed by atoms with Crippen molar-refractivity contribution in [2.75, 3.05) is 6.61 Å². The highest BCUT2D eigenvalue weighted by Gasteiger charge is 2.48. The van der Waals surface area contributed by atoms with Crippen molar-refractivity contribution in [2.45, 2.75) is 52.1 Å². The third-order valence-corrected chi connectivity index (χ3v) is 4.54. The largest absolute Gasteiger partial charge is 0.396 e. The van der Waals surface area contributed by atoms with Gasteiger partial charge in [-0.3, -0.25) is 4.79 Å². The maximum atomic E-state index is 12.4. The summed E-state index contributed by atoms with van der Waals surface area (Å²) >= 11 is 0. The van der Waals surface area contributed by atoms with Gasteiger partial charge in [-0.1, -0.05) is 20.8 Å². The summed E-state index contributed by atoms with van der Waals surface area (Å²) in [5.41, 5.74) is 0. The average Bonchev–Trinajstić information content (AvgIpc) is 2.83. The maximum absolute atomic E-state index is 12.4. The number of hydrogen-bond acceptors (Lipinski definition) is 2. The molecule has 2 aliphatic rings. The van der Waals surface area contributed by atoms with Crippen molar-refractivity contribution in [3.05, 3.63) is 0 Å². The first-order valence-electron chi connectivity index (χ1n) is 6.49. The molecule has 3 nitrogen and oxygen atoms in total. The molecule has 4 atom stereocenters. The molecule has 2 bridgehead atoms. The molecule has 2 aliphatic heterocycles. The number of rotatable bonds is 3. The van der Waals surface area contributed by atoms with E-state index in [4.69, 9.17) is 0 Å². The van der Waals surface area contributed by atoms with Gasteiger partial charge in [-0.05, 0) is 25.2 Å². The Morgan fingerprint density at radius 1 is 1.38 bits per heavy atom. The first-order valence-corrected chi connectivity index (χ1v) is 6.49. The molecule has 1 N–H and O–H groups in total. The number of amides is 1. The maximum Gasteiger partial charge on any atom is 0.226 e. The molecule has 0 aromatic carbocycles. The molecule has 1 amide bonds. The lowest BCUT2D eigenvalue weighted by atomic mass is 9.90. The molecule has 0 spiro atoms. The lowest BCUT2D eigenvalue weighted by Crippen LogP contribution is -2.41. The molecule has 16 heavy (non-hydrogen) atoms. The van der Waals surface area contributed by atoms with Crippen molar-refractivity contribution >= 4 is 5.91 Å². The minimum Gasteiger partial charge on any atom is -0.396 e. The van der Waals surface area contributed by atoms with Crippen LogP contribution in [0.3, 0.4) is 0 Å². The Balaban J connectivity index is 2.08. The van der Waals surface area contributed by atoms with Gasteiger partial charge in [-0.2, -0.15) is 0 Å². The lowest BCUT2D eigenvalue weighted by Gasteiger charge is -2.28. The minimum atomic E-state index is 0.112. The Morgan fingerprint density at radius 2 is 2.06 bits per heavy atom. The molecule has 0 aliphatic carbocycles. The number of carbonyl (C=O) groups is 1. The molecule has 3 heteroatoms. The topological polar surface area (TPSA) is 40.5 Å². The van der Waals surface area contributed by atoms with E-state index in [9.17, 15) is 9.90 Å². The minimum absolute atomic E-state index is 0.112. The standard InChI is InChI=1S/C13H23NO2/c1-8(2)9(3)13(16)14-11-4-5-12(14)10(6-11)7-15/h8-12,15H,4-7H2,1-3H3. The van der Waals surface area contributed by atoms with Crippen molar-refractivity contribution in [3.63, 3.8) is 0 Å². The van der Waals surface area contributed by atoms with Crippen molar-refractivity contribution < 1.29 is 9.90 Å². The van der Waals surface area contributed by atoms with Gasteiger partial charge >= 0.3 is 0 Å². The van der Waals surface area contributed by atoms with Crippen LogP contribution in [0.1, 0.15) is 40.0 Å². The summed E-state index contributed by atoms with van der Waals surface area (Å²) in [4.78, 5) is 14.4. The van der Waals surface area contributed by atoms with Gasteiger partial charge in [0.15, 0.2) is 0 Å². The third-order valence-electron chi connectivity index (χ3n) is 4.54. The van der Waals surface area contributed by atoms with Crippen LogP contribution in [0.15, 0.2) is 0 Å². The van der Waals surface area contributed by atoms with E-state index in [0.717, 1.165) is 19.3 Å². The van der Waals surface area contributed by atoms with Crippen LogP contribution in [0.5, 0.6) is 0 Å². The predicted molar refractivity (Wildman–Crippen MR) is 62.9 cm³/mol. The molecular weight excluding hydrogens is 202 g/mol. The van der Waals surface area contributed by atoms with Crippen molar-refractivity contribution in [1.29, 1.82) is 0 Å². The molecule has 2 heterocycles. The number of fused-ring (bicyclic) bond motifs is 2. The SMILES string of the molecule is CC(C)C(C)C(=O)N1C2CCC1C(CO)C2. The molecule has 2 fully saturated rings. The van der Waals surface area contributed by atoms with Crippen LogP contribution in [0.25, 0.3) is 0 Å². The van der Waals surface area contributed by atoms with Crippen LogP contribution >= 0.6 is 0 Å². The second-order valence-corrected chi connectivity index (χ2v) is 5.76. The highest BCUT2D eigenvalue weighted by atomic mass is 16.3. The van der Waals surface area contributed by atoms with E-state index in [2.05, 4.69) is 18.7 Å². The van der Waals surface area contributed by atoms with E-state index < -0.39 is 0 Å². The van der Waals surface area contributed by atoms with Crippen LogP contribution in [0.2, 0.25) is 0 Å². The van der Waals surface area contributed by atoms with E-state index in [0.29, 0.717) is 29.8 Å². The quantitative estimate of drug-likeness (QED) is 0.793. The second-order valence-electron chi connectivity index (χ2n) is 5.76. The zero-order valence-corrected chi connectivity index (χ0v) is 10.5. The first kappa shape index (κ1) is 11.9. The van der Waals surface area contributed by atoms with Gasteiger partial charge in [0.25, 0.3) is 0 Å². The zero-order chi connectivity index (χ0) is 11.9. The van der Waals surface area contributed by atoms with Crippen molar-refractivity contribution in [1.82, 2.24) is 4.90 Å². The van der Waals surface area contributed by atoms with Crippen molar-refractivity contribution in [2.24, 2.45) is 17.8 Å². The fourth-order valence-corrected chi connectivity index (χ4v) is 3.17. The Morgan fingerprint density at radius 3 is 2.56 bits per heavy atom. The van der Waals surface area contributed by atoms with E-state index in [1.807, 2.05) is 6.92 Å². The van der Waals surface area contributed by atoms with E-state index in [-0.39, 0.29) is 12.5 Å². The zero-order valence-electron chi connectivity index (χ0n) is 10.5. The smallest absolute Gasteiger partial charge is 0.226 e. The van der Waals surface area contributed by atoms with Crippen LogP contribution in [-0.4, -0.2) is 34.6 Å². The monoisotopic (exact) mass is 225 g/mol. The van der Waals surface area contributed by atoms with Crippen molar-refractivity contribution in [3.8, 4) is 0 Å². The fraction of sp³-hybridized carbons (Fsp3) is 0.923. The van der Waals surface area contributed by atoms with Gasteiger partial charge in [-0.15, -0.1) is 0 Å². The number of carbonyl (C=O) groups excluding carboxylic acids is 1. The van der Waals surface area contributed by atoms with Gasteiger partial charge in [0.2, 0.25) is 5.91 Å². The molecule has 4 unspecified atom stereocenters. The van der Waals surface area contributed by atoms with E-state index in [1.165, 1.54) is 0 Å². The molecule has 92 valence electrons. The first-order chi connectivity index (χ1) is 7.56. The number of aliphatic hydroxyl groups is 1. The van der Waals surface area contributed by atoms with Crippen LogP contribution in [0.4, 0.5) is 0 Å². The van der Waals surface area contributed by atoms with Gasteiger partial charge in [0.05, 0.1) is 0 Å². The van der Waals surface area contributed by atoms with Crippen LogP contribution < -0.4 is 0 Å². The summed E-state index contributed by atoms with van der Waals surface area (Å²) in [5.74, 6) is 1.15. The van der Waals surface area contributed by atoms with Gasteiger partial charge in [0.1, 0.15) is 0 Å². The van der Waals surface area contributed by atoms with E-state index >= 15 is 0 Å². The molecule has 0 radical (unpaired) electrons. The molecule has 2 saturated heterocycles. The molecular formula is C13H23NO2. The highest BCUT2D eigenvalue weighted by molar-refractivity contribution is 5.80. The molecule has 0 saturated carbocycles. The van der Waals surface area contributed by atoms with E-state index in [1.54, 1.807) is 0 Å². The molecule has 2 rings (SSSR count). The number of nitrogens with zero attached hydrogens (tertiary/aromatic N) is 1. The van der Waals surface area contributed by atoms with Gasteiger partial charge < -0.3 is 10.0 Å². The number of aliphatic hydroxyl groups excluding tert-OH is 1. The summed E-state index contributed by atoms with van der Waals surface area (Å²) in [5, 5.41) is 9.30. The Hall–Kier alpha value is -0.570. The third kappa shape index (κ3) is 1.75. The molecule has 0 aromatic heterocycles. The highest BCUT2D eigenvalue weighted by Crippen LogP contribution is 2.42.